The molecule has 0 atom stereocenters. The van der Waals surface area contributed by atoms with Crippen LogP contribution in [0.25, 0.3) is 11.0 Å². The average molecular weight is 318 g/mol. The van der Waals surface area contributed by atoms with E-state index in [1.807, 2.05) is 6.92 Å². The molecule has 1 aromatic carbocycles. The Bertz CT molecular complexity index is 891. The molecule has 0 fully saturated rings. The highest BCUT2D eigenvalue weighted by Crippen LogP contribution is 2.18. The Morgan fingerprint density at radius 1 is 1.18 bits per heavy atom. The Kier molecular flexibility index (Phi) is 3.73. The van der Waals surface area contributed by atoms with Crippen LogP contribution in [0.3, 0.4) is 0 Å². The van der Waals surface area contributed by atoms with E-state index in [1.165, 1.54) is 18.5 Å². The summed E-state index contributed by atoms with van der Waals surface area (Å²) in [5.41, 5.74) is 3.26. The summed E-state index contributed by atoms with van der Waals surface area (Å²) in [6, 6.07) is 8.08. The Morgan fingerprint density at radius 3 is 2.68 bits per heavy atom. The lowest BCUT2D eigenvalue weighted by Crippen LogP contribution is -2.30. The van der Waals surface area contributed by atoms with E-state index in [1.54, 1.807) is 29.1 Å². The molecule has 0 aliphatic carbocycles. The highest BCUT2D eigenvalue weighted by molar-refractivity contribution is 7.89. The van der Waals surface area contributed by atoms with Crippen LogP contribution in [0.5, 0.6) is 0 Å². The van der Waals surface area contributed by atoms with Gasteiger partial charge in [0.15, 0.2) is 11.5 Å². The summed E-state index contributed by atoms with van der Waals surface area (Å²) in [7, 11) is -3.67. The van der Waals surface area contributed by atoms with Gasteiger partial charge in [0.25, 0.3) is 10.0 Å². The lowest BCUT2D eigenvalue weighted by molar-refractivity contribution is 0.587. The summed E-state index contributed by atoms with van der Waals surface area (Å²) < 4.78 is 26.0. The summed E-state index contributed by atoms with van der Waals surface area (Å²) >= 11 is 0. The van der Waals surface area contributed by atoms with Gasteiger partial charge in [-0.3, -0.25) is 5.43 Å². The van der Waals surface area contributed by atoms with Gasteiger partial charge in [0, 0.05) is 6.54 Å². The van der Waals surface area contributed by atoms with E-state index in [2.05, 4.69) is 25.3 Å². The molecular weight excluding hydrogens is 304 g/mol. The monoisotopic (exact) mass is 318 g/mol. The normalized spacial score (nSPS) is 11.7. The van der Waals surface area contributed by atoms with Gasteiger partial charge < -0.3 is 0 Å². The van der Waals surface area contributed by atoms with Crippen molar-refractivity contribution in [2.45, 2.75) is 18.4 Å². The molecule has 0 saturated heterocycles. The maximum atomic E-state index is 12.2. The fourth-order valence-corrected chi connectivity index (χ4v) is 2.86. The van der Waals surface area contributed by atoms with Gasteiger partial charge in [-0.25, -0.2) is 23.1 Å². The number of aromatic nitrogens is 4. The zero-order valence-corrected chi connectivity index (χ0v) is 12.6. The van der Waals surface area contributed by atoms with Crippen molar-refractivity contribution in [1.29, 1.82) is 0 Å². The van der Waals surface area contributed by atoms with E-state index < -0.39 is 10.0 Å². The fraction of sp³-hybridized carbons (Fsp3) is 0.154. The quantitative estimate of drug-likeness (QED) is 0.684. The number of rotatable bonds is 5. The van der Waals surface area contributed by atoms with Crippen LogP contribution in [0.2, 0.25) is 0 Å². The van der Waals surface area contributed by atoms with E-state index in [-0.39, 0.29) is 4.90 Å². The Hall–Kier alpha value is -2.52. The lowest BCUT2D eigenvalue weighted by Gasteiger charge is -2.09. The van der Waals surface area contributed by atoms with Crippen molar-refractivity contribution in [3.05, 3.63) is 42.9 Å². The summed E-state index contributed by atoms with van der Waals surface area (Å²) in [6.07, 6.45) is 2.95. The Labute approximate surface area is 127 Å². The maximum Gasteiger partial charge on any atom is 0.257 e. The highest BCUT2D eigenvalue weighted by atomic mass is 32.2. The molecular formula is C13H14N6O2S. The van der Waals surface area contributed by atoms with Crippen LogP contribution in [0, 0.1) is 0 Å². The fourth-order valence-electron chi connectivity index (χ4n) is 2.00. The summed E-state index contributed by atoms with van der Waals surface area (Å²) in [4.78, 5) is 10.7. The van der Waals surface area contributed by atoms with E-state index >= 15 is 0 Å². The molecule has 0 aliphatic heterocycles. The zero-order chi connectivity index (χ0) is 15.6. The zero-order valence-electron chi connectivity index (χ0n) is 11.8. The van der Waals surface area contributed by atoms with Gasteiger partial charge in [-0.2, -0.15) is 5.10 Å². The third-order valence-corrected chi connectivity index (χ3v) is 4.35. The molecule has 8 nitrogen and oxygen atoms in total. The standard InChI is InChI=1S/C13H14N6O2S/c1-2-19-13-11(8-16-19)12(14-9-15-13)17-18-22(20,21)10-6-4-3-5-7-10/h3-9,18H,2H2,1H3,(H,14,15,17). The van der Waals surface area contributed by atoms with Gasteiger partial charge in [0.05, 0.1) is 16.5 Å². The van der Waals surface area contributed by atoms with Crippen molar-refractivity contribution in [3.63, 3.8) is 0 Å². The number of sulfonamides is 1. The topological polar surface area (TPSA) is 102 Å². The van der Waals surface area contributed by atoms with E-state index in [9.17, 15) is 8.42 Å². The van der Waals surface area contributed by atoms with Crippen LogP contribution in [0.15, 0.2) is 47.8 Å². The number of aryl methyl sites for hydroxylation is 1. The third kappa shape index (κ3) is 2.63. The molecule has 2 aromatic heterocycles. The molecule has 0 radical (unpaired) electrons. The second kappa shape index (κ2) is 5.70. The molecule has 0 amide bonds. The number of anilines is 1. The lowest BCUT2D eigenvalue weighted by atomic mass is 10.4. The van der Waals surface area contributed by atoms with Crippen molar-refractivity contribution in [3.8, 4) is 0 Å². The van der Waals surface area contributed by atoms with Crippen LogP contribution >= 0.6 is 0 Å². The molecule has 0 bridgehead atoms. The SMILES string of the molecule is CCn1ncc2c(NNS(=O)(=O)c3ccccc3)ncnc21. The molecule has 0 saturated carbocycles. The molecule has 9 heteroatoms. The molecule has 3 aromatic rings. The molecule has 3 rings (SSSR count). The minimum Gasteiger partial charge on any atom is -0.291 e. The van der Waals surface area contributed by atoms with Crippen LogP contribution < -0.4 is 10.3 Å². The molecule has 0 unspecified atom stereocenters. The van der Waals surface area contributed by atoms with E-state index in [4.69, 9.17) is 0 Å². The van der Waals surface area contributed by atoms with Crippen molar-refractivity contribution in [2.75, 3.05) is 5.43 Å². The van der Waals surface area contributed by atoms with Gasteiger partial charge in [-0.05, 0) is 19.1 Å². The number of nitrogens with zero attached hydrogens (tertiary/aromatic N) is 4. The predicted octanol–water partition coefficient (Wildman–Crippen LogP) is 1.15. The van der Waals surface area contributed by atoms with Crippen molar-refractivity contribution in [2.24, 2.45) is 0 Å². The number of benzene rings is 1. The largest absolute Gasteiger partial charge is 0.291 e. The number of fused-ring (bicyclic) bond motifs is 1. The minimum absolute atomic E-state index is 0.164. The Morgan fingerprint density at radius 2 is 1.95 bits per heavy atom. The van der Waals surface area contributed by atoms with Gasteiger partial charge in [0.1, 0.15) is 6.33 Å². The Balaban J connectivity index is 1.87. The molecule has 2 heterocycles. The molecule has 0 spiro atoms. The van der Waals surface area contributed by atoms with Crippen molar-refractivity contribution >= 4 is 26.9 Å². The number of hydrazine groups is 1. The first kappa shape index (κ1) is 14.4. The van der Waals surface area contributed by atoms with Crippen LogP contribution in [0.1, 0.15) is 6.92 Å². The molecule has 2 N–H and O–H groups in total. The predicted molar refractivity (Wildman–Crippen MR) is 81.4 cm³/mol. The maximum absolute atomic E-state index is 12.2. The average Bonchev–Trinajstić information content (AvgIpc) is 2.97. The van der Waals surface area contributed by atoms with Crippen molar-refractivity contribution < 1.29 is 8.42 Å². The smallest absolute Gasteiger partial charge is 0.257 e. The first-order chi connectivity index (χ1) is 10.6. The van der Waals surface area contributed by atoms with Gasteiger partial charge >= 0.3 is 0 Å². The first-order valence-electron chi connectivity index (χ1n) is 6.61. The van der Waals surface area contributed by atoms with Crippen molar-refractivity contribution in [1.82, 2.24) is 24.6 Å². The number of nitrogens with one attached hydrogen (secondary N) is 2. The summed E-state index contributed by atoms with van der Waals surface area (Å²) in [6.45, 7) is 2.61. The second-order valence-electron chi connectivity index (χ2n) is 4.46. The van der Waals surface area contributed by atoms with E-state index in [0.717, 1.165) is 0 Å². The van der Waals surface area contributed by atoms with Gasteiger partial charge in [0.2, 0.25) is 0 Å². The van der Waals surface area contributed by atoms with Gasteiger partial charge in [-0.15, -0.1) is 4.83 Å². The summed E-state index contributed by atoms with van der Waals surface area (Å²) in [5, 5.41) is 4.81. The third-order valence-electron chi connectivity index (χ3n) is 3.09. The van der Waals surface area contributed by atoms with E-state index in [0.29, 0.717) is 23.4 Å². The molecule has 22 heavy (non-hydrogen) atoms. The minimum atomic E-state index is -3.67. The van der Waals surface area contributed by atoms with Crippen LogP contribution in [-0.2, 0) is 16.6 Å². The highest BCUT2D eigenvalue weighted by Gasteiger charge is 2.15. The second-order valence-corrected chi connectivity index (χ2v) is 6.15. The molecule has 114 valence electrons. The van der Waals surface area contributed by atoms with Crippen LogP contribution in [-0.4, -0.2) is 28.2 Å². The van der Waals surface area contributed by atoms with Gasteiger partial charge in [-0.1, -0.05) is 18.2 Å². The van der Waals surface area contributed by atoms with Crippen LogP contribution in [0.4, 0.5) is 5.82 Å². The first-order valence-corrected chi connectivity index (χ1v) is 8.09. The number of hydrogen-bond donors (Lipinski definition) is 2. The number of hydrogen-bond acceptors (Lipinski definition) is 6. The summed E-state index contributed by atoms with van der Waals surface area (Å²) in [5.74, 6) is 0.351. The molecule has 0 aliphatic rings.